The van der Waals surface area contributed by atoms with E-state index in [4.69, 9.17) is 17.3 Å². The number of piperidine rings is 1. The maximum Gasteiger partial charge on any atom is 0.239 e. The van der Waals surface area contributed by atoms with E-state index < -0.39 is 11.9 Å². The number of aromatic hydroxyl groups is 1. The summed E-state index contributed by atoms with van der Waals surface area (Å²) in [5.41, 5.74) is 10.4. The third-order valence-corrected chi connectivity index (χ3v) is 9.73. The predicted molar refractivity (Wildman–Crippen MR) is 177 cm³/mol. The molecular formula is C33H41Cl2FN4O2S. The summed E-state index contributed by atoms with van der Waals surface area (Å²) in [5, 5.41) is 10.5. The smallest absolute Gasteiger partial charge is 0.239 e. The first kappa shape index (κ1) is 33.6. The number of phenols is 1. The fourth-order valence-corrected chi connectivity index (χ4v) is 7.01. The molecule has 0 aliphatic carbocycles. The summed E-state index contributed by atoms with van der Waals surface area (Å²) in [6, 6.07) is 17.8. The fourth-order valence-electron chi connectivity index (χ4n) is 6.21. The Kier molecular flexibility index (Phi) is 12.2. The minimum absolute atomic E-state index is 0. The lowest BCUT2D eigenvalue weighted by atomic mass is 9.88. The number of benzene rings is 3. The van der Waals surface area contributed by atoms with Gasteiger partial charge in [-0.05, 0) is 97.1 Å². The average molecular weight is 648 g/mol. The van der Waals surface area contributed by atoms with Gasteiger partial charge in [0.2, 0.25) is 5.91 Å². The number of rotatable bonds is 9. The monoisotopic (exact) mass is 646 g/mol. The third-order valence-electron chi connectivity index (χ3n) is 8.65. The molecule has 3 aromatic rings. The molecular weight excluding hydrogens is 606 g/mol. The van der Waals surface area contributed by atoms with Crippen LogP contribution >= 0.6 is 35.8 Å². The molecule has 2 saturated heterocycles. The van der Waals surface area contributed by atoms with Crippen molar-refractivity contribution in [3.63, 3.8) is 0 Å². The summed E-state index contributed by atoms with van der Waals surface area (Å²) in [7, 11) is 0. The molecule has 6 nitrogen and oxygen atoms in total. The first-order valence-electron chi connectivity index (χ1n) is 14.7. The van der Waals surface area contributed by atoms with Gasteiger partial charge in [0, 0.05) is 55.3 Å². The van der Waals surface area contributed by atoms with Gasteiger partial charge in [-0.1, -0.05) is 35.9 Å². The zero-order valence-electron chi connectivity index (χ0n) is 24.6. The Morgan fingerprint density at radius 1 is 1.00 bits per heavy atom. The van der Waals surface area contributed by atoms with Crippen LogP contribution in [0.15, 0.2) is 65.6 Å². The molecule has 232 valence electrons. The second-order valence-corrected chi connectivity index (χ2v) is 12.7. The first-order valence-corrected chi connectivity index (χ1v) is 16.3. The van der Waals surface area contributed by atoms with Crippen LogP contribution in [0, 0.1) is 11.7 Å². The molecule has 43 heavy (non-hydrogen) atoms. The molecule has 2 heterocycles. The number of amides is 1. The van der Waals surface area contributed by atoms with Crippen molar-refractivity contribution in [2.75, 3.05) is 52.1 Å². The summed E-state index contributed by atoms with van der Waals surface area (Å²) >= 11 is 8.08. The van der Waals surface area contributed by atoms with Gasteiger partial charge < -0.3 is 20.6 Å². The van der Waals surface area contributed by atoms with E-state index in [0.29, 0.717) is 10.6 Å². The van der Waals surface area contributed by atoms with Gasteiger partial charge in [0.05, 0.1) is 6.04 Å². The van der Waals surface area contributed by atoms with Crippen molar-refractivity contribution in [2.24, 2.45) is 11.7 Å². The molecule has 0 radical (unpaired) electrons. The first-order chi connectivity index (χ1) is 20.3. The van der Waals surface area contributed by atoms with E-state index in [-0.39, 0.29) is 30.0 Å². The highest BCUT2D eigenvalue weighted by molar-refractivity contribution is 7.98. The molecule has 0 saturated carbocycles. The average Bonchev–Trinajstić information content (AvgIpc) is 3.00. The van der Waals surface area contributed by atoms with Gasteiger partial charge in [-0.15, -0.1) is 24.2 Å². The van der Waals surface area contributed by atoms with Crippen molar-refractivity contribution in [1.29, 1.82) is 0 Å². The zero-order chi connectivity index (χ0) is 29.6. The minimum atomic E-state index is -0.474. The lowest BCUT2D eigenvalue weighted by Crippen LogP contribution is -2.55. The fraction of sp³-hybridized carbons (Fsp3) is 0.424. The Balaban J connectivity index is 0.00000423. The molecule has 1 amide bonds. The van der Waals surface area contributed by atoms with Crippen LogP contribution in [0.5, 0.6) is 5.75 Å². The molecule has 3 N–H and O–H groups in total. The number of piperazine rings is 1. The highest BCUT2D eigenvalue weighted by atomic mass is 35.5. The quantitative estimate of drug-likeness (QED) is 0.281. The summed E-state index contributed by atoms with van der Waals surface area (Å²) in [6.45, 7) is 6.66. The van der Waals surface area contributed by atoms with Gasteiger partial charge in [0.15, 0.2) is 0 Å². The largest absolute Gasteiger partial charge is 0.508 e. The summed E-state index contributed by atoms with van der Waals surface area (Å²) < 4.78 is 14.0. The highest BCUT2D eigenvalue weighted by Gasteiger charge is 2.32. The molecule has 0 bridgehead atoms. The van der Waals surface area contributed by atoms with E-state index in [9.17, 15) is 14.3 Å². The number of likely N-dealkylation sites (tertiary alicyclic amines) is 1. The van der Waals surface area contributed by atoms with Crippen molar-refractivity contribution in [3.05, 3.63) is 82.6 Å². The van der Waals surface area contributed by atoms with Crippen LogP contribution < -0.4 is 5.73 Å². The van der Waals surface area contributed by atoms with Gasteiger partial charge in [-0.2, -0.15) is 0 Å². The number of thioether (sulfide) groups is 1. The Bertz CT molecular complexity index is 1360. The van der Waals surface area contributed by atoms with Crippen LogP contribution in [0.2, 0.25) is 5.02 Å². The van der Waals surface area contributed by atoms with Crippen molar-refractivity contribution in [3.8, 4) is 16.9 Å². The van der Waals surface area contributed by atoms with Crippen LogP contribution in [0.25, 0.3) is 11.1 Å². The normalized spacial score (nSPS) is 17.4. The third kappa shape index (κ3) is 8.65. The Hall–Kier alpha value is -2.33. The number of carbonyl (C=O) groups excluding carboxylic acids is 1. The summed E-state index contributed by atoms with van der Waals surface area (Å²) in [6.07, 6.45) is 4.63. The van der Waals surface area contributed by atoms with Gasteiger partial charge >= 0.3 is 0 Å². The zero-order valence-corrected chi connectivity index (χ0v) is 26.9. The van der Waals surface area contributed by atoms with E-state index in [1.54, 1.807) is 23.9 Å². The van der Waals surface area contributed by atoms with Crippen molar-refractivity contribution in [1.82, 2.24) is 14.7 Å². The molecule has 0 spiro atoms. The number of halogens is 3. The standard InChI is InChI=1S/C33H40ClFN4O2S.ClH/c1-42-31-5-3-2-4-25(31)22-38-14-16-39(17-15-38)33(41)32(36)23-8-11-37(12-9-23)13-10-24-18-27(34)6-7-30(24)26-19-28(35)21-29(40)20-26;/h2-7,18-21,23,32,40H,8-17,22,36H2,1H3;1H. The van der Waals surface area contributed by atoms with Crippen LogP contribution in [0.4, 0.5) is 4.39 Å². The topological polar surface area (TPSA) is 73.0 Å². The lowest BCUT2D eigenvalue weighted by Gasteiger charge is -2.39. The van der Waals surface area contributed by atoms with E-state index >= 15 is 0 Å². The van der Waals surface area contributed by atoms with Crippen LogP contribution in [0.1, 0.15) is 24.0 Å². The maximum absolute atomic E-state index is 14.0. The van der Waals surface area contributed by atoms with Gasteiger partial charge in [0.1, 0.15) is 11.6 Å². The second kappa shape index (κ2) is 15.6. The summed E-state index contributed by atoms with van der Waals surface area (Å²) in [4.78, 5) is 21.4. The molecule has 1 atom stereocenters. The molecule has 10 heteroatoms. The number of carbonyl (C=O) groups is 1. The van der Waals surface area contributed by atoms with E-state index in [2.05, 4.69) is 40.3 Å². The SMILES string of the molecule is CSc1ccccc1CN1CCN(C(=O)C(N)C2CCN(CCc3cc(Cl)ccc3-c3cc(O)cc(F)c3)CC2)CC1.Cl. The molecule has 5 rings (SSSR count). The Morgan fingerprint density at radius 2 is 1.72 bits per heavy atom. The number of hydrogen-bond donors (Lipinski definition) is 2. The van der Waals surface area contributed by atoms with E-state index in [0.717, 1.165) is 88.8 Å². The lowest BCUT2D eigenvalue weighted by molar-refractivity contribution is -0.136. The minimum Gasteiger partial charge on any atom is -0.508 e. The molecule has 0 aromatic heterocycles. The molecule has 2 aliphatic rings. The number of nitrogens with two attached hydrogens (primary N) is 1. The number of nitrogens with zero attached hydrogens (tertiary/aromatic N) is 3. The number of hydrogen-bond acceptors (Lipinski definition) is 6. The highest BCUT2D eigenvalue weighted by Crippen LogP contribution is 2.31. The maximum atomic E-state index is 14.0. The van der Waals surface area contributed by atoms with Crippen LogP contribution in [-0.4, -0.2) is 83.8 Å². The van der Waals surface area contributed by atoms with Gasteiger partial charge in [-0.25, -0.2) is 4.39 Å². The van der Waals surface area contributed by atoms with Crippen molar-refractivity contribution >= 4 is 41.7 Å². The van der Waals surface area contributed by atoms with Crippen LogP contribution in [-0.2, 0) is 17.8 Å². The summed E-state index contributed by atoms with van der Waals surface area (Å²) in [5.74, 6) is -0.313. The molecule has 1 unspecified atom stereocenters. The molecule has 2 fully saturated rings. The van der Waals surface area contributed by atoms with E-state index in [1.165, 1.54) is 16.5 Å². The second-order valence-electron chi connectivity index (χ2n) is 11.4. The van der Waals surface area contributed by atoms with Gasteiger partial charge in [0.25, 0.3) is 0 Å². The van der Waals surface area contributed by atoms with E-state index in [1.807, 2.05) is 17.0 Å². The number of phenolic OH excluding ortho intramolecular Hbond substituents is 1. The van der Waals surface area contributed by atoms with Crippen molar-refractivity contribution < 1.29 is 14.3 Å². The van der Waals surface area contributed by atoms with Gasteiger partial charge in [-0.3, -0.25) is 9.69 Å². The Morgan fingerprint density at radius 3 is 2.42 bits per heavy atom. The molecule has 2 aliphatic heterocycles. The Labute approximate surface area is 269 Å². The predicted octanol–water partition coefficient (Wildman–Crippen LogP) is 5.92. The van der Waals surface area contributed by atoms with Crippen molar-refractivity contribution in [2.45, 2.75) is 36.7 Å². The molecule has 3 aromatic carbocycles. The van der Waals surface area contributed by atoms with Crippen LogP contribution in [0.3, 0.4) is 0 Å².